The zero-order chi connectivity index (χ0) is 21.6. The lowest BCUT2D eigenvalue weighted by molar-refractivity contribution is 0.261. The highest BCUT2D eigenvalue weighted by Crippen LogP contribution is 2.24. The van der Waals surface area contributed by atoms with Crippen molar-refractivity contribution in [3.8, 4) is 11.3 Å². The Kier molecular flexibility index (Phi) is 6.63. The normalized spacial score (nSPS) is 14.5. The first-order valence-electron chi connectivity index (χ1n) is 10.8. The minimum absolute atomic E-state index is 0.603. The summed E-state index contributed by atoms with van der Waals surface area (Å²) in [5.41, 5.74) is 6.52. The fourth-order valence-corrected chi connectivity index (χ4v) is 4.07. The van der Waals surface area contributed by atoms with Crippen LogP contribution in [-0.4, -0.2) is 63.0 Å². The maximum atomic E-state index is 10.7. The van der Waals surface area contributed by atoms with Gasteiger partial charge in [0.15, 0.2) is 0 Å². The third-order valence-electron chi connectivity index (χ3n) is 5.97. The molecule has 4 rings (SSSR count). The van der Waals surface area contributed by atoms with E-state index in [-0.39, 0.29) is 0 Å². The summed E-state index contributed by atoms with van der Waals surface area (Å²) in [6.07, 6.45) is 4.80. The van der Waals surface area contributed by atoms with Crippen LogP contribution < -0.4 is 9.80 Å². The number of aromatic nitrogens is 1. The summed E-state index contributed by atoms with van der Waals surface area (Å²) in [5, 5.41) is 0. The lowest BCUT2D eigenvalue weighted by Gasteiger charge is -2.36. The van der Waals surface area contributed by atoms with E-state index in [2.05, 4.69) is 64.1 Å². The molecule has 0 atom stereocenters. The van der Waals surface area contributed by atoms with Crippen molar-refractivity contribution in [3.05, 3.63) is 78.0 Å². The molecule has 2 heterocycles. The van der Waals surface area contributed by atoms with E-state index in [1.54, 1.807) is 0 Å². The Morgan fingerprint density at radius 3 is 2.29 bits per heavy atom. The number of rotatable bonds is 7. The molecule has 5 nitrogen and oxygen atoms in total. The number of hydrogen-bond donors (Lipinski definition) is 0. The van der Waals surface area contributed by atoms with E-state index >= 15 is 0 Å². The summed E-state index contributed by atoms with van der Waals surface area (Å²) in [6, 6.07) is 20.5. The van der Waals surface area contributed by atoms with Crippen molar-refractivity contribution >= 4 is 17.7 Å². The van der Waals surface area contributed by atoms with Crippen LogP contribution in [0.15, 0.2) is 66.9 Å². The summed E-state index contributed by atoms with van der Waals surface area (Å²) >= 11 is 0. The number of nitrogens with zero attached hydrogens (tertiary/aromatic N) is 4. The van der Waals surface area contributed by atoms with E-state index < -0.39 is 0 Å². The van der Waals surface area contributed by atoms with E-state index in [0.29, 0.717) is 5.56 Å². The van der Waals surface area contributed by atoms with Crippen molar-refractivity contribution in [2.24, 2.45) is 0 Å². The maximum absolute atomic E-state index is 10.7. The van der Waals surface area contributed by atoms with Gasteiger partial charge >= 0.3 is 0 Å². The van der Waals surface area contributed by atoms with Gasteiger partial charge < -0.3 is 9.80 Å². The summed E-state index contributed by atoms with van der Waals surface area (Å²) in [6.45, 7) is 5.09. The molecule has 1 saturated heterocycles. The van der Waals surface area contributed by atoms with Crippen LogP contribution in [0.1, 0.15) is 11.1 Å². The molecule has 0 N–H and O–H groups in total. The zero-order valence-corrected chi connectivity index (χ0v) is 18.3. The minimum atomic E-state index is 0.603. The standard InChI is InChI=1S/C26H29N4O/c1-28(2)24-11-7-23(8-12-24)26-22(4-3-14-27-26)13-15-29-16-18-30(19-17-29)25-9-5-21(20-31)6-10-25/h3-12,14H,13,15-19H2,1-2H3. The van der Waals surface area contributed by atoms with Crippen LogP contribution in [0, 0.1) is 0 Å². The predicted molar refractivity (Wildman–Crippen MR) is 128 cm³/mol. The fourth-order valence-electron chi connectivity index (χ4n) is 4.07. The number of pyridine rings is 1. The van der Waals surface area contributed by atoms with E-state index in [0.717, 1.165) is 44.8 Å². The van der Waals surface area contributed by atoms with Crippen molar-refractivity contribution in [1.82, 2.24) is 9.88 Å². The third-order valence-corrected chi connectivity index (χ3v) is 5.97. The third kappa shape index (κ3) is 5.12. The highest BCUT2D eigenvalue weighted by Gasteiger charge is 2.18. The van der Waals surface area contributed by atoms with Gasteiger partial charge in [-0.1, -0.05) is 18.2 Å². The molecular weight excluding hydrogens is 384 g/mol. The first-order valence-corrected chi connectivity index (χ1v) is 10.8. The SMILES string of the molecule is CN(C)c1ccc(-c2ncccc2CCN2CCN(c3ccc([C]=O)cc3)CC2)cc1. The van der Waals surface area contributed by atoms with E-state index in [1.165, 1.54) is 22.5 Å². The van der Waals surface area contributed by atoms with Gasteiger partial charge in [-0.3, -0.25) is 14.7 Å². The second-order valence-electron chi connectivity index (χ2n) is 8.18. The predicted octanol–water partition coefficient (Wildman–Crippen LogP) is 3.64. The number of benzene rings is 2. The summed E-state index contributed by atoms with van der Waals surface area (Å²) in [4.78, 5) is 22.4. The molecule has 0 saturated carbocycles. The van der Waals surface area contributed by atoms with Crippen LogP contribution in [0.3, 0.4) is 0 Å². The van der Waals surface area contributed by atoms with Crippen molar-refractivity contribution < 1.29 is 4.79 Å². The van der Waals surface area contributed by atoms with Gasteiger partial charge in [0.25, 0.3) is 0 Å². The fraction of sp³-hybridized carbons (Fsp3) is 0.308. The molecule has 0 spiro atoms. The number of piperazine rings is 1. The van der Waals surface area contributed by atoms with Gasteiger partial charge in [0.05, 0.1) is 5.69 Å². The second kappa shape index (κ2) is 9.75. The highest BCUT2D eigenvalue weighted by atomic mass is 16.1. The molecule has 5 heteroatoms. The van der Waals surface area contributed by atoms with Gasteiger partial charge in [0, 0.05) is 75.5 Å². The summed E-state index contributed by atoms with van der Waals surface area (Å²) in [7, 11) is 4.11. The van der Waals surface area contributed by atoms with Crippen LogP contribution in [0.4, 0.5) is 11.4 Å². The molecule has 1 aliphatic rings. The van der Waals surface area contributed by atoms with Crippen LogP contribution in [0.2, 0.25) is 0 Å². The molecular formula is C26H29N4O. The largest absolute Gasteiger partial charge is 0.378 e. The number of carbonyl (C=O) groups excluding carboxylic acids is 1. The second-order valence-corrected chi connectivity index (χ2v) is 8.18. The van der Waals surface area contributed by atoms with Gasteiger partial charge in [-0.05, 0) is 54.4 Å². The van der Waals surface area contributed by atoms with Gasteiger partial charge in [-0.2, -0.15) is 0 Å². The Hall–Kier alpha value is -3.18. The van der Waals surface area contributed by atoms with Gasteiger partial charge in [0.1, 0.15) is 0 Å². The zero-order valence-electron chi connectivity index (χ0n) is 18.3. The van der Waals surface area contributed by atoms with Gasteiger partial charge in [-0.25, -0.2) is 0 Å². The molecule has 1 fully saturated rings. The summed E-state index contributed by atoms with van der Waals surface area (Å²) < 4.78 is 0. The molecule has 1 aromatic heterocycles. The van der Waals surface area contributed by atoms with Crippen molar-refractivity contribution in [3.63, 3.8) is 0 Å². The van der Waals surface area contributed by atoms with E-state index in [1.807, 2.05) is 42.8 Å². The van der Waals surface area contributed by atoms with Crippen LogP contribution in [-0.2, 0) is 11.2 Å². The number of anilines is 2. The smallest absolute Gasteiger partial charge is 0.233 e. The van der Waals surface area contributed by atoms with Crippen LogP contribution >= 0.6 is 0 Å². The molecule has 31 heavy (non-hydrogen) atoms. The van der Waals surface area contributed by atoms with Crippen molar-refractivity contribution in [1.29, 1.82) is 0 Å². The Morgan fingerprint density at radius 2 is 1.65 bits per heavy atom. The van der Waals surface area contributed by atoms with Gasteiger partial charge in [0.2, 0.25) is 6.29 Å². The Labute approximate surface area is 184 Å². The Balaban J connectivity index is 1.35. The average Bonchev–Trinajstić information content (AvgIpc) is 2.83. The maximum Gasteiger partial charge on any atom is 0.233 e. The molecule has 0 aliphatic carbocycles. The molecule has 2 aromatic carbocycles. The molecule has 159 valence electrons. The first kappa shape index (κ1) is 21.1. The van der Waals surface area contributed by atoms with Gasteiger partial charge in [-0.15, -0.1) is 0 Å². The van der Waals surface area contributed by atoms with E-state index in [9.17, 15) is 4.79 Å². The van der Waals surface area contributed by atoms with Crippen LogP contribution in [0.25, 0.3) is 11.3 Å². The topological polar surface area (TPSA) is 39.7 Å². The molecule has 0 unspecified atom stereocenters. The lowest BCUT2D eigenvalue weighted by Crippen LogP contribution is -2.47. The summed E-state index contributed by atoms with van der Waals surface area (Å²) in [5.74, 6) is 0. The molecule has 1 radical (unpaired) electrons. The van der Waals surface area contributed by atoms with E-state index in [4.69, 9.17) is 0 Å². The quantitative estimate of drug-likeness (QED) is 0.591. The minimum Gasteiger partial charge on any atom is -0.378 e. The lowest BCUT2D eigenvalue weighted by atomic mass is 10.0. The Bertz CT molecular complexity index is 991. The monoisotopic (exact) mass is 413 g/mol. The number of hydrogen-bond acceptors (Lipinski definition) is 5. The first-order chi connectivity index (χ1) is 15.1. The highest BCUT2D eigenvalue weighted by molar-refractivity contribution is 5.76. The average molecular weight is 414 g/mol. The Morgan fingerprint density at radius 1 is 0.935 bits per heavy atom. The molecule has 1 aliphatic heterocycles. The molecule has 0 bridgehead atoms. The van der Waals surface area contributed by atoms with Crippen molar-refractivity contribution in [2.45, 2.75) is 6.42 Å². The van der Waals surface area contributed by atoms with Crippen molar-refractivity contribution in [2.75, 3.05) is 56.6 Å². The van der Waals surface area contributed by atoms with Crippen LogP contribution in [0.5, 0.6) is 0 Å². The molecule has 3 aromatic rings. The molecule has 0 amide bonds.